The zero-order valence-corrected chi connectivity index (χ0v) is 19.1. The molecule has 0 unspecified atom stereocenters. The predicted molar refractivity (Wildman–Crippen MR) is 118 cm³/mol. The van der Waals surface area contributed by atoms with Gasteiger partial charge in [-0.05, 0) is 36.6 Å². The van der Waals surface area contributed by atoms with Crippen LogP contribution >= 0.6 is 0 Å². The van der Waals surface area contributed by atoms with Crippen LogP contribution in [0.25, 0.3) is 0 Å². The molecule has 0 aliphatic heterocycles. The monoisotopic (exact) mass is 457 g/mol. The van der Waals surface area contributed by atoms with Gasteiger partial charge in [0.1, 0.15) is 0 Å². The lowest BCUT2D eigenvalue weighted by atomic mass is 9.89. The zero-order chi connectivity index (χ0) is 24.4. The zero-order valence-electron chi connectivity index (χ0n) is 19.1. The highest BCUT2D eigenvalue weighted by Gasteiger charge is 2.34. The van der Waals surface area contributed by atoms with Crippen LogP contribution in [0.1, 0.15) is 59.0 Å². The van der Waals surface area contributed by atoms with E-state index in [9.17, 15) is 19.2 Å². The molecule has 9 nitrogen and oxygen atoms in total. The summed E-state index contributed by atoms with van der Waals surface area (Å²) in [5.41, 5.74) is 0.298. The minimum absolute atomic E-state index is 0.152. The van der Waals surface area contributed by atoms with E-state index < -0.39 is 35.0 Å². The molecule has 1 N–H and O–H groups in total. The predicted octanol–water partition coefficient (Wildman–Crippen LogP) is 2.56. The largest absolute Gasteiger partial charge is 0.465 e. The normalized spacial score (nSPS) is 10.3. The maximum absolute atomic E-state index is 12.6. The number of hydrogen-bond acceptors (Lipinski definition) is 9. The Kier molecular flexibility index (Phi) is 9.56. The Bertz CT molecular complexity index is 1020. The van der Waals surface area contributed by atoms with Crippen molar-refractivity contribution >= 4 is 23.9 Å². The van der Waals surface area contributed by atoms with Crippen LogP contribution in [-0.2, 0) is 31.9 Å². The Morgan fingerprint density at radius 2 is 1.27 bits per heavy atom. The standard InChI is InChI=1S/C24H27NO8/c1-30-21(26)17-13-16(11-8-12-25-14-15-9-6-5-7-10-15)18(22(27)31-2)20(24(29)33-4)19(17)23(28)32-3/h5-7,9-10,13,25H,8,11-12,14H2,1-4H3. The molecule has 0 saturated carbocycles. The lowest BCUT2D eigenvalue weighted by Gasteiger charge is -2.18. The summed E-state index contributed by atoms with van der Waals surface area (Å²) in [7, 11) is 4.49. The van der Waals surface area contributed by atoms with Crippen molar-refractivity contribution < 1.29 is 38.1 Å². The molecule has 0 fully saturated rings. The van der Waals surface area contributed by atoms with Gasteiger partial charge in [0, 0.05) is 6.54 Å². The number of rotatable bonds is 10. The van der Waals surface area contributed by atoms with E-state index in [0.29, 0.717) is 31.5 Å². The van der Waals surface area contributed by atoms with Crippen LogP contribution in [0.2, 0.25) is 0 Å². The molecular weight excluding hydrogens is 430 g/mol. The second-order valence-corrected chi connectivity index (χ2v) is 6.94. The van der Waals surface area contributed by atoms with Crippen LogP contribution in [0.5, 0.6) is 0 Å². The van der Waals surface area contributed by atoms with Crippen LogP contribution in [0.3, 0.4) is 0 Å². The van der Waals surface area contributed by atoms with Crippen molar-refractivity contribution in [3.63, 3.8) is 0 Å². The first-order chi connectivity index (χ1) is 15.9. The third-order valence-electron chi connectivity index (χ3n) is 4.95. The van der Waals surface area contributed by atoms with Gasteiger partial charge >= 0.3 is 23.9 Å². The smallest absolute Gasteiger partial charge is 0.339 e. The third-order valence-corrected chi connectivity index (χ3v) is 4.95. The molecule has 0 aromatic heterocycles. The highest BCUT2D eigenvalue weighted by molar-refractivity contribution is 6.15. The van der Waals surface area contributed by atoms with Crippen molar-refractivity contribution in [2.75, 3.05) is 35.0 Å². The fourth-order valence-corrected chi connectivity index (χ4v) is 3.39. The SMILES string of the molecule is COC(=O)c1cc(CCCNCc2ccccc2)c(C(=O)OC)c(C(=O)OC)c1C(=O)OC. The van der Waals surface area contributed by atoms with Crippen LogP contribution in [0.4, 0.5) is 0 Å². The van der Waals surface area contributed by atoms with Crippen molar-refractivity contribution in [3.05, 3.63) is 69.8 Å². The molecule has 0 atom stereocenters. The number of carbonyl (C=O) groups excluding carboxylic acids is 4. The molecule has 0 saturated heterocycles. The van der Waals surface area contributed by atoms with Gasteiger partial charge in [-0.15, -0.1) is 0 Å². The molecule has 0 heterocycles. The summed E-state index contributed by atoms with van der Waals surface area (Å²) >= 11 is 0. The number of methoxy groups -OCH3 is 4. The van der Waals surface area contributed by atoms with Crippen molar-refractivity contribution in [1.82, 2.24) is 5.32 Å². The van der Waals surface area contributed by atoms with Crippen molar-refractivity contribution in [2.45, 2.75) is 19.4 Å². The first-order valence-corrected chi connectivity index (χ1v) is 10.2. The molecule has 0 radical (unpaired) electrons. The molecular formula is C24H27NO8. The lowest BCUT2D eigenvalue weighted by Crippen LogP contribution is -2.24. The first-order valence-electron chi connectivity index (χ1n) is 10.2. The van der Waals surface area contributed by atoms with Gasteiger partial charge in [-0.2, -0.15) is 0 Å². The number of carbonyl (C=O) groups is 4. The summed E-state index contributed by atoms with van der Waals surface area (Å²) in [4.78, 5) is 50.2. The summed E-state index contributed by atoms with van der Waals surface area (Å²) in [6, 6.07) is 11.2. The van der Waals surface area contributed by atoms with Crippen molar-refractivity contribution in [1.29, 1.82) is 0 Å². The Morgan fingerprint density at radius 1 is 0.727 bits per heavy atom. The Balaban J connectivity index is 2.46. The van der Waals surface area contributed by atoms with Crippen LogP contribution in [-0.4, -0.2) is 58.9 Å². The van der Waals surface area contributed by atoms with E-state index in [1.807, 2.05) is 30.3 Å². The highest BCUT2D eigenvalue weighted by Crippen LogP contribution is 2.28. The van der Waals surface area contributed by atoms with Gasteiger partial charge in [-0.25, -0.2) is 19.2 Å². The number of hydrogen-bond donors (Lipinski definition) is 1. The van der Waals surface area contributed by atoms with Crippen molar-refractivity contribution in [3.8, 4) is 0 Å². The maximum atomic E-state index is 12.6. The molecule has 0 spiro atoms. The maximum Gasteiger partial charge on any atom is 0.339 e. The second kappa shape index (κ2) is 12.4. The topological polar surface area (TPSA) is 117 Å². The fourth-order valence-electron chi connectivity index (χ4n) is 3.39. The van der Waals surface area contributed by atoms with E-state index in [0.717, 1.165) is 34.0 Å². The average molecular weight is 457 g/mol. The number of nitrogens with one attached hydrogen (secondary N) is 1. The lowest BCUT2D eigenvalue weighted by molar-refractivity contribution is 0.0520. The molecule has 2 aromatic rings. The number of benzene rings is 2. The van der Waals surface area contributed by atoms with E-state index in [2.05, 4.69) is 5.32 Å². The molecule has 176 valence electrons. The molecule has 0 amide bonds. The Labute approximate surface area is 192 Å². The quantitative estimate of drug-likeness (QED) is 0.326. The molecule has 2 rings (SSSR count). The Morgan fingerprint density at radius 3 is 1.85 bits per heavy atom. The highest BCUT2D eigenvalue weighted by atomic mass is 16.5. The minimum atomic E-state index is -0.989. The van der Waals surface area contributed by atoms with Gasteiger partial charge in [0.15, 0.2) is 0 Å². The Hall–Kier alpha value is -3.72. The van der Waals surface area contributed by atoms with E-state index >= 15 is 0 Å². The van der Waals surface area contributed by atoms with E-state index in [4.69, 9.17) is 18.9 Å². The molecule has 9 heteroatoms. The molecule has 0 aliphatic rings. The van der Waals surface area contributed by atoms with Gasteiger partial charge in [0.2, 0.25) is 0 Å². The summed E-state index contributed by atoms with van der Waals surface area (Å²) in [5, 5.41) is 3.30. The molecule has 33 heavy (non-hydrogen) atoms. The van der Waals surface area contributed by atoms with Gasteiger partial charge in [-0.1, -0.05) is 30.3 Å². The second-order valence-electron chi connectivity index (χ2n) is 6.94. The van der Waals surface area contributed by atoms with Crippen LogP contribution in [0, 0.1) is 0 Å². The van der Waals surface area contributed by atoms with E-state index in [-0.39, 0.29) is 11.1 Å². The van der Waals surface area contributed by atoms with Gasteiger partial charge in [0.05, 0.1) is 50.7 Å². The number of ether oxygens (including phenoxy) is 4. The number of esters is 4. The summed E-state index contributed by atoms with van der Waals surface area (Å²) in [6.07, 6.45) is 0.872. The van der Waals surface area contributed by atoms with Gasteiger partial charge < -0.3 is 24.3 Å². The molecule has 0 aliphatic carbocycles. The van der Waals surface area contributed by atoms with Gasteiger partial charge in [-0.3, -0.25) is 0 Å². The van der Waals surface area contributed by atoms with Crippen LogP contribution < -0.4 is 5.32 Å². The summed E-state index contributed by atoms with van der Waals surface area (Å²) in [5.74, 6) is -3.67. The summed E-state index contributed by atoms with van der Waals surface area (Å²) < 4.78 is 19.2. The average Bonchev–Trinajstić information content (AvgIpc) is 2.86. The minimum Gasteiger partial charge on any atom is -0.465 e. The first kappa shape index (κ1) is 25.5. The van der Waals surface area contributed by atoms with E-state index in [1.165, 1.54) is 6.07 Å². The van der Waals surface area contributed by atoms with Crippen LogP contribution in [0.15, 0.2) is 36.4 Å². The fraction of sp³-hybridized carbons (Fsp3) is 0.333. The molecule has 0 bridgehead atoms. The van der Waals surface area contributed by atoms with Crippen molar-refractivity contribution in [2.24, 2.45) is 0 Å². The van der Waals surface area contributed by atoms with Gasteiger partial charge in [0.25, 0.3) is 0 Å². The molecule has 2 aromatic carbocycles. The van der Waals surface area contributed by atoms with E-state index in [1.54, 1.807) is 0 Å². The number of aryl methyl sites for hydroxylation is 1. The third kappa shape index (κ3) is 6.17. The summed E-state index contributed by atoms with van der Waals surface area (Å²) in [6.45, 7) is 1.25.